The zero-order chi connectivity index (χ0) is 15.8. The lowest BCUT2D eigenvalue weighted by Gasteiger charge is -2.32. The number of nitrogen functional groups attached to an aromatic ring is 1. The van der Waals surface area contributed by atoms with Gasteiger partial charge < -0.3 is 5.73 Å². The third-order valence-corrected chi connectivity index (χ3v) is 5.75. The van der Waals surface area contributed by atoms with Gasteiger partial charge in [0.2, 0.25) is 10.0 Å². The minimum atomic E-state index is -4.12. The highest BCUT2D eigenvalue weighted by atomic mass is 32.2. The Morgan fingerprint density at radius 2 is 1.86 bits per heavy atom. The van der Waals surface area contributed by atoms with Crippen LogP contribution in [0.5, 0.6) is 0 Å². The summed E-state index contributed by atoms with van der Waals surface area (Å²) in [5, 5.41) is 0. The molecule has 0 spiro atoms. The SMILES string of the molecule is CC1CCC(NS(=O)(=O)c2cc(N)cc(F)c2F)CC1C. The van der Waals surface area contributed by atoms with Crippen molar-refractivity contribution in [1.82, 2.24) is 4.72 Å². The highest BCUT2D eigenvalue weighted by Crippen LogP contribution is 2.30. The largest absolute Gasteiger partial charge is 0.399 e. The van der Waals surface area contributed by atoms with Crippen LogP contribution in [0.15, 0.2) is 17.0 Å². The fourth-order valence-corrected chi connectivity index (χ4v) is 4.12. The summed E-state index contributed by atoms with van der Waals surface area (Å²) in [4.78, 5) is -0.730. The monoisotopic (exact) mass is 318 g/mol. The third kappa shape index (κ3) is 3.52. The predicted octanol–water partition coefficient (Wildman–Crippen LogP) is 2.65. The van der Waals surface area contributed by atoms with Gasteiger partial charge in [-0.15, -0.1) is 0 Å². The van der Waals surface area contributed by atoms with E-state index in [0.29, 0.717) is 24.7 Å². The van der Waals surface area contributed by atoms with E-state index in [1.807, 2.05) is 0 Å². The molecule has 1 aromatic rings. The number of nitrogens with two attached hydrogens (primary N) is 1. The van der Waals surface area contributed by atoms with E-state index < -0.39 is 26.6 Å². The Balaban J connectivity index is 2.23. The molecule has 1 aliphatic rings. The molecule has 0 bridgehead atoms. The van der Waals surface area contributed by atoms with Crippen LogP contribution in [0.2, 0.25) is 0 Å². The number of benzene rings is 1. The predicted molar refractivity (Wildman–Crippen MR) is 77.1 cm³/mol. The number of hydrogen-bond donors (Lipinski definition) is 2. The van der Waals surface area contributed by atoms with E-state index in [1.54, 1.807) is 0 Å². The molecule has 4 nitrogen and oxygen atoms in total. The van der Waals surface area contributed by atoms with Crippen molar-refractivity contribution in [2.45, 2.75) is 44.0 Å². The van der Waals surface area contributed by atoms with E-state index in [-0.39, 0.29) is 11.7 Å². The quantitative estimate of drug-likeness (QED) is 0.842. The zero-order valence-corrected chi connectivity index (χ0v) is 12.9. The number of sulfonamides is 1. The van der Waals surface area contributed by atoms with Crippen LogP contribution in [0.3, 0.4) is 0 Å². The molecule has 1 aromatic carbocycles. The van der Waals surface area contributed by atoms with Crippen molar-refractivity contribution in [3.63, 3.8) is 0 Å². The average molecular weight is 318 g/mol. The highest BCUT2D eigenvalue weighted by molar-refractivity contribution is 7.89. The van der Waals surface area contributed by atoms with Crippen LogP contribution in [0.25, 0.3) is 0 Å². The second-order valence-corrected chi connectivity index (χ2v) is 7.58. The molecule has 0 heterocycles. The van der Waals surface area contributed by atoms with E-state index in [0.717, 1.165) is 18.6 Å². The topological polar surface area (TPSA) is 72.2 Å². The molecule has 3 N–H and O–H groups in total. The first-order valence-corrected chi connectivity index (χ1v) is 8.46. The molecule has 3 unspecified atom stereocenters. The molecule has 0 aromatic heterocycles. The average Bonchev–Trinajstić information content (AvgIpc) is 2.37. The Morgan fingerprint density at radius 1 is 1.19 bits per heavy atom. The van der Waals surface area contributed by atoms with E-state index in [9.17, 15) is 17.2 Å². The summed E-state index contributed by atoms with van der Waals surface area (Å²) in [6.45, 7) is 4.19. The van der Waals surface area contributed by atoms with E-state index in [4.69, 9.17) is 5.73 Å². The van der Waals surface area contributed by atoms with Gasteiger partial charge in [-0.25, -0.2) is 21.9 Å². The van der Waals surface area contributed by atoms with Crippen LogP contribution >= 0.6 is 0 Å². The van der Waals surface area contributed by atoms with Crippen LogP contribution < -0.4 is 10.5 Å². The first-order chi connectivity index (χ1) is 9.70. The van der Waals surface area contributed by atoms with Gasteiger partial charge >= 0.3 is 0 Å². The summed E-state index contributed by atoms with van der Waals surface area (Å²) >= 11 is 0. The second kappa shape index (κ2) is 5.88. The van der Waals surface area contributed by atoms with Crippen molar-refractivity contribution in [1.29, 1.82) is 0 Å². The van der Waals surface area contributed by atoms with Crippen molar-refractivity contribution in [3.05, 3.63) is 23.8 Å². The lowest BCUT2D eigenvalue weighted by molar-refractivity contribution is 0.241. The molecule has 0 aliphatic heterocycles. The van der Waals surface area contributed by atoms with Crippen molar-refractivity contribution in [2.75, 3.05) is 5.73 Å². The van der Waals surface area contributed by atoms with Crippen molar-refractivity contribution < 1.29 is 17.2 Å². The standard InChI is InChI=1S/C14H20F2N2O2S/c1-8-3-4-11(5-9(8)2)18-21(19,20)13-7-10(17)6-12(15)14(13)16/h6-9,11,18H,3-5,17H2,1-2H3. The molecule has 2 rings (SSSR count). The van der Waals surface area contributed by atoms with Gasteiger partial charge in [0.05, 0.1) is 0 Å². The number of anilines is 1. The van der Waals surface area contributed by atoms with E-state index >= 15 is 0 Å². The Morgan fingerprint density at radius 3 is 2.48 bits per heavy atom. The van der Waals surface area contributed by atoms with Gasteiger partial charge in [-0.2, -0.15) is 0 Å². The maximum atomic E-state index is 13.7. The van der Waals surface area contributed by atoms with Crippen LogP contribution in [0, 0.1) is 23.5 Å². The van der Waals surface area contributed by atoms with Gasteiger partial charge in [0.1, 0.15) is 4.90 Å². The minimum Gasteiger partial charge on any atom is -0.399 e. The van der Waals surface area contributed by atoms with Gasteiger partial charge in [-0.05, 0) is 43.2 Å². The van der Waals surface area contributed by atoms with Crippen molar-refractivity contribution in [3.8, 4) is 0 Å². The molecule has 0 amide bonds. The molecular weight excluding hydrogens is 298 g/mol. The van der Waals surface area contributed by atoms with Crippen LogP contribution in [0.1, 0.15) is 33.1 Å². The molecule has 118 valence electrons. The molecule has 7 heteroatoms. The van der Waals surface area contributed by atoms with Crippen LogP contribution in [-0.4, -0.2) is 14.5 Å². The van der Waals surface area contributed by atoms with Crippen LogP contribution in [-0.2, 0) is 10.0 Å². The Kier molecular flexibility index (Phi) is 4.53. The number of halogens is 2. The van der Waals surface area contributed by atoms with Gasteiger partial charge in [-0.1, -0.05) is 13.8 Å². The minimum absolute atomic E-state index is 0.125. The summed E-state index contributed by atoms with van der Waals surface area (Å²) in [6, 6.07) is 1.44. The smallest absolute Gasteiger partial charge is 0.243 e. The maximum absolute atomic E-state index is 13.7. The molecule has 1 aliphatic carbocycles. The lowest BCUT2D eigenvalue weighted by Crippen LogP contribution is -2.40. The summed E-state index contributed by atoms with van der Waals surface area (Å²) in [5.74, 6) is -1.74. The first kappa shape index (κ1) is 16.2. The van der Waals surface area contributed by atoms with E-state index in [2.05, 4.69) is 18.6 Å². The third-order valence-electron chi connectivity index (χ3n) is 4.23. The highest BCUT2D eigenvalue weighted by Gasteiger charge is 2.30. The summed E-state index contributed by atoms with van der Waals surface area (Å²) < 4.78 is 54.0. The normalized spacial score (nSPS) is 26.8. The summed E-state index contributed by atoms with van der Waals surface area (Å²) in [5.41, 5.74) is 5.27. The van der Waals surface area contributed by atoms with Gasteiger partial charge in [-0.3, -0.25) is 0 Å². The fraction of sp³-hybridized carbons (Fsp3) is 0.571. The molecular formula is C14H20F2N2O2S. The van der Waals surface area contributed by atoms with Crippen LogP contribution in [0.4, 0.5) is 14.5 Å². The molecule has 0 radical (unpaired) electrons. The summed E-state index contributed by atoms with van der Waals surface area (Å²) in [7, 11) is -4.12. The van der Waals surface area contributed by atoms with E-state index in [1.165, 1.54) is 0 Å². The summed E-state index contributed by atoms with van der Waals surface area (Å²) in [6.07, 6.45) is 2.28. The molecule has 21 heavy (non-hydrogen) atoms. The Hall–Kier alpha value is -1.21. The first-order valence-electron chi connectivity index (χ1n) is 6.97. The van der Waals surface area contributed by atoms with Gasteiger partial charge in [0, 0.05) is 11.7 Å². The molecule has 1 saturated carbocycles. The Bertz CT molecular complexity index is 634. The Labute approximate surface area is 123 Å². The number of nitrogens with one attached hydrogen (secondary N) is 1. The number of hydrogen-bond acceptors (Lipinski definition) is 3. The van der Waals surface area contributed by atoms with Gasteiger partial charge in [0.25, 0.3) is 0 Å². The van der Waals surface area contributed by atoms with Crippen molar-refractivity contribution in [2.24, 2.45) is 11.8 Å². The second-order valence-electron chi connectivity index (χ2n) is 5.90. The molecule has 0 saturated heterocycles. The number of rotatable bonds is 3. The van der Waals surface area contributed by atoms with Gasteiger partial charge in [0.15, 0.2) is 11.6 Å². The maximum Gasteiger partial charge on any atom is 0.243 e. The fourth-order valence-electron chi connectivity index (χ4n) is 2.72. The molecule has 1 fully saturated rings. The molecule has 3 atom stereocenters. The zero-order valence-electron chi connectivity index (χ0n) is 12.1. The lowest BCUT2D eigenvalue weighted by atomic mass is 9.79. The van der Waals surface area contributed by atoms with Crippen molar-refractivity contribution >= 4 is 15.7 Å².